The number of imidazole rings is 1. The summed E-state index contributed by atoms with van der Waals surface area (Å²) in [5.41, 5.74) is 7.23. The second-order valence-corrected chi connectivity index (χ2v) is 3.04. The molecule has 0 bridgehead atoms. The summed E-state index contributed by atoms with van der Waals surface area (Å²) in [6.07, 6.45) is 3.41. The highest BCUT2D eigenvalue weighted by atomic mass is 16.1. The smallest absolute Gasteiger partial charge is 0.163 e. The van der Waals surface area contributed by atoms with Crippen molar-refractivity contribution in [3.8, 4) is 0 Å². The first-order valence-electron chi connectivity index (χ1n) is 3.98. The van der Waals surface area contributed by atoms with Gasteiger partial charge < -0.3 is 10.3 Å². The van der Waals surface area contributed by atoms with E-state index in [-0.39, 0.29) is 5.78 Å². The van der Waals surface area contributed by atoms with Crippen molar-refractivity contribution in [1.29, 1.82) is 0 Å². The van der Waals surface area contributed by atoms with Gasteiger partial charge in [0, 0.05) is 18.9 Å². The van der Waals surface area contributed by atoms with Crippen molar-refractivity contribution < 1.29 is 4.79 Å². The van der Waals surface area contributed by atoms with Gasteiger partial charge in [-0.05, 0) is 13.8 Å². The van der Waals surface area contributed by atoms with Crippen molar-refractivity contribution >= 4 is 11.4 Å². The molecule has 0 unspecified atom stereocenters. The molecule has 0 atom stereocenters. The van der Waals surface area contributed by atoms with E-state index in [1.165, 1.54) is 6.92 Å². The highest BCUT2D eigenvalue weighted by Crippen LogP contribution is 2.14. The lowest BCUT2D eigenvalue weighted by atomic mass is 10.1. The Kier molecular flexibility index (Phi) is 2.51. The molecule has 13 heavy (non-hydrogen) atoms. The molecule has 70 valence electrons. The lowest BCUT2D eigenvalue weighted by Crippen LogP contribution is -2.05. The van der Waals surface area contributed by atoms with Gasteiger partial charge in [0.2, 0.25) is 0 Å². The van der Waals surface area contributed by atoms with Crippen molar-refractivity contribution in [2.75, 3.05) is 0 Å². The first-order valence-corrected chi connectivity index (χ1v) is 3.98. The van der Waals surface area contributed by atoms with Crippen molar-refractivity contribution in [2.45, 2.75) is 13.8 Å². The average Bonchev–Trinajstić information content (AvgIpc) is 2.34. The van der Waals surface area contributed by atoms with E-state index in [1.807, 2.05) is 7.05 Å². The molecule has 0 aliphatic rings. The van der Waals surface area contributed by atoms with Crippen LogP contribution >= 0.6 is 0 Å². The minimum atomic E-state index is -0.0568. The monoisotopic (exact) mass is 179 g/mol. The summed E-state index contributed by atoms with van der Waals surface area (Å²) in [6, 6.07) is 0. The van der Waals surface area contributed by atoms with Gasteiger partial charge in [0.05, 0.1) is 17.6 Å². The average molecular weight is 179 g/mol. The SMILES string of the molecule is CC(=O)/C(=C(/C)N)c1cn(C)cn1. The second-order valence-electron chi connectivity index (χ2n) is 3.04. The van der Waals surface area contributed by atoms with Gasteiger partial charge in [-0.1, -0.05) is 0 Å². The molecule has 0 saturated heterocycles. The van der Waals surface area contributed by atoms with E-state index in [0.717, 1.165) is 0 Å². The standard InChI is InChI=1S/C9H13N3O/c1-6(10)9(7(2)13)8-4-12(3)5-11-8/h4-5H,10H2,1-3H3/b9-6+. The molecule has 4 nitrogen and oxygen atoms in total. The van der Waals surface area contributed by atoms with Gasteiger partial charge in [0.1, 0.15) is 0 Å². The Bertz CT molecular complexity index is 359. The van der Waals surface area contributed by atoms with Crippen LogP contribution in [0.25, 0.3) is 5.57 Å². The molecule has 0 spiro atoms. The van der Waals surface area contributed by atoms with Crippen molar-refractivity contribution in [2.24, 2.45) is 12.8 Å². The van der Waals surface area contributed by atoms with Crippen molar-refractivity contribution in [3.63, 3.8) is 0 Å². The molecule has 4 heteroatoms. The summed E-state index contributed by atoms with van der Waals surface area (Å²) in [6.45, 7) is 3.19. The number of hydrogen-bond acceptors (Lipinski definition) is 3. The normalized spacial score (nSPS) is 12.5. The van der Waals surface area contributed by atoms with Crippen LogP contribution in [-0.2, 0) is 11.8 Å². The number of Topliss-reactive ketones (excluding diaryl/α,β-unsaturated/α-hetero) is 1. The first-order chi connectivity index (χ1) is 6.02. The zero-order chi connectivity index (χ0) is 10.0. The predicted octanol–water partition coefficient (Wildman–Crippen LogP) is 0.699. The number of aryl methyl sites for hydroxylation is 1. The first kappa shape index (κ1) is 9.51. The Morgan fingerprint density at radius 3 is 2.46 bits per heavy atom. The maximum Gasteiger partial charge on any atom is 0.163 e. The lowest BCUT2D eigenvalue weighted by Gasteiger charge is -2.01. The largest absolute Gasteiger partial charge is 0.402 e. The third-order valence-electron chi connectivity index (χ3n) is 1.71. The van der Waals surface area contributed by atoms with Gasteiger partial charge in [-0.2, -0.15) is 0 Å². The van der Waals surface area contributed by atoms with E-state index < -0.39 is 0 Å². The van der Waals surface area contributed by atoms with Crippen LogP contribution in [0.5, 0.6) is 0 Å². The predicted molar refractivity (Wildman–Crippen MR) is 50.7 cm³/mol. The van der Waals surface area contributed by atoms with Crippen LogP contribution in [0.3, 0.4) is 0 Å². The zero-order valence-corrected chi connectivity index (χ0v) is 8.03. The molecule has 0 aromatic carbocycles. The lowest BCUT2D eigenvalue weighted by molar-refractivity contribution is -0.111. The van der Waals surface area contributed by atoms with Gasteiger partial charge in [0.25, 0.3) is 0 Å². The van der Waals surface area contributed by atoms with Crippen LogP contribution in [0.15, 0.2) is 18.2 Å². The maximum absolute atomic E-state index is 11.2. The molecule has 1 rings (SSSR count). The van der Waals surface area contributed by atoms with Crippen LogP contribution in [0.1, 0.15) is 19.5 Å². The van der Waals surface area contributed by atoms with Crippen LogP contribution < -0.4 is 5.73 Å². The molecular formula is C9H13N3O. The fourth-order valence-electron chi connectivity index (χ4n) is 1.20. The third kappa shape index (κ3) is 1.96. The Morgan fingerprint density at radius 1 is 1.54 bits per heavy atom. The number of ketones is 1. The summed E-state index contributed by atoms with van der Waals surface area (Å²) in [7, 11) is 1.85. The number of allylic oxidation sites excluding steroid dienone is 2. The second kappa shape index (κ2) is 3.43. The number of carbonyl (C=O) groups is 1. The molecule has 0 aliphatic heterocycles. The van der Waals surface area contributed by atoms with E-state index in [0.29, 0.717) is 17.0 Å². The minimum Gasteiger partial charge on any atom is -0.402 e. The van der Waals surface area contributed by atoms with Crippen LogP contribution in [0.4, 0.5) is 0 Å². The summed E-state index contributed by atoms with van der Waals surface area (Å²) in [4.78, 5) is 15.3. The number of aromatic nitrogens is 2. The Hall–Kier alpha value is -1.58. The van der Waals surface area contributed by atoms with Gasteiger partial charge >= 0.3 is 0 Å². The van der Waals surface area contributed by atoms with Crippen molar-refractivity contribution in [1.82, 2.24) is 9.55 Å². The number of carbonyl (C=O) groups excluding carboxylic acids is 1. The van der Waals surface area contributed by atoms with Crippen LogP contribution in [0, 0.1) is 0 Å². The Labute approximate surface area is 77.1 Å². The summed E-state index contributed by atoms with van der Waals surface area (Å²) in [5.74, 6) is -0.0568. The van der Waals surface area contributed by atoms with Crippen LogP contribution in [-0.4, -0.2) is 15.3 Å². The Balaban J connectivity index is 3.19. The van der Waals surface area contributed by atoms with E-state index >= 15 is 0 Å². The van der Waals surface area contributed by atoms with Gasteiger partial charge in [0.15, 0.2) is 5.78 Å². The van der Waals surface area contributed by atoms with Crippen molar-refractivity contribution in [3.05, 3.63) is 23.9 Å². The van der Waals surface area contributed by atoms with E-state index in [4.69, 9.17) is 5.73 Å². The Morgan fingerprint density at radius 2 is 2.15 bits per heavy atom. The maximum atomic E-state index is 11.2. The molecule has 1 aromatic rings. The number of rotatable bonds is 2. The molecule has 0 amide bonds. The molecule has 2 N–H and O–H groups in total. The molecule has 0 radical (unpaired) electrons. The molecule has 0 fully saturated rings. The molecule has 1 aromatic heterocycles. The highest BCUT2D eigenvalue weighted by Gasteiger charge is 2.11. The molecule has 1 heterocycles. The van der Waals surface area contributed by atoms with Gasteiger partial charge in [-0.15, -0.1) is 0 Å². The molecule has 0 saturated carbocycles. The fraction of sp³-hybridized carbons (Fsp3) is 0.333. The summed E-state index contributed by atoms with van der Waals surface area (Å²) < 4.78 is 1.78. The number of nitrogens with zero attached hydrogens (tertiary/aromatic N) is 2. The topological polar surface area (TPSA) is 60.9 Å². The fourth-order valence-corrected chi connectivity index (χ4v) is 1.20. The third-order valence-corrected chi connectivity index (χ3v) is 1.71. The van der Waals surface area contributed by atoms with Gasteiger partial charge in [-0.3, -0.25) is 4.79 Å². The van der Waals surface area contributed by atoms with Gasteiger partial charge in [-0.25, -0.2) is 4.98 Å². The zero-order valence-electron chi connectivity index (χ0n) is 8.03. The summed E-state index contributed by atoms with van der Waals surface area (Å²) >= 11 is 0. The van der Waals surface area contributed by atoms with E-state index in [2.05, 4.69) is 4.98 Å². The minimum absolute atomic E-state index is 0.0568. The molecule has 0 aliphatic carbocycles. The van der Waals surface area contributed by atoms with Crippen LogP contribution in [0.2, 0.25) is 0 Å². The quantitative estimate of drug-likeness (QED) is 0.680. The molecular weight excluding hydrogens is 166 g/mol. The van der Waals surface area contributed by atoms with E-state index in [1.54, 1.807) is 24.0 Å². The number of nitrogens with two attached hydrogens (primary N) is 1. The summed E-state index contributed by atoms with van der Waals surface area (Å²) in [5, 5.41) is 0. The number of hydrogen-bond donors (Lipinski definition) is 1. The van der Waals surface area contributed by atoms with E-state index in [9.17, 15) is 4.79 Å². The highest BCUT2D eigenvalue weighted by molar-refractivity contribution is 6.19.